The van der Waals surface area contributed by atoms with Crippen LogP contribution in [0.15, 0.2) is 36.5 Å². The second-order valence-electron chi connectivity index (χ2n) is 22.7. The molecule has 1 unspecified atom stereocenters. The topological polar surface area (TPSA) is 78.9 Å². The third-order valence-electron chi connectivity index (χ3n) is 15.1. The van der Waals surface area contributed by atoms with Gasteiger partial charge in [-0.15, -0.1) is 0 Å². The number of hydrogen-bond donors (Lipinski definition) is 0. The van der Waals surface area contributed by atoms with Crippen molar-refractivity contribution in [3.8, 4) is 0 Å². The van der Waals surface area contributed by atoms with Crippen molar-refractivity contribution in [1.82, 2.24) is 0 Å². The molecule has 0 aromatic heterocycles. The van der Waals surface area contributed by atoms with Crippen LogP contribution in [-0.2, 0) is 28.6 Å². The van der Waals surface area contributed by atoms with Crippen LogP contribution in [0.3, 0.4) is 0 Å². The molecule has 0 N–H and O–H groups in total. The lowest BCUT2D eigenvalue weighted by Crippen LogP contribution is -2.30. The van der Waals surface area contributed by atoms with Gasteiger partial charge in [0.2, 0.25) is 0 Å². The Kier molecular flexibility index (Phi) is 62.1. The van der Waals surface area contributed by atoms with E-state index in [9.17, 15) is 14.4 Å². The standard InChI is InChI=1S/C69H128O6/c1-4-7-10-13-16-19-22-25-28-30-32-33-34-35-36-37-38-40-41-44-47-50-53-56-59-62-68(71)74-65-66(64-73-67(70)61-58-55-52-49-46-43-27-24-21-18-15-12-9-6-3)75-69(72)63-60-57-54-51-48-45-42-39-31-29-26-23-20-17-14-11-8-5-2/h22,25,30,32,34-35,66H,4-21,23-24,26-29,31,33,36-65H2,1-3H3/b25-22-,32-30-,35-34-. The minimum Gasteiger partial charge on any atom is -0.462 e. The second-order valence-corrected chi connectivity index (χ2v) is 22.7. The summed E-state index contributed by atoms with van der Waals surface area (Å²) in [6.45, 7) is 6.69. The third kappa shape index (κ3) is 62.4. The van der Waals surface area contributed by atoms with Gasteiger partial charge >= 0.3 is 17.9 Å². The average Bonchev–Trinajstić information content (AvgIpc) is 3.41. The van der Waals surface area contributed by atoms with E-state index in [-0.39, 0.29) is 31.1 Å². The molecule has 0 spiro atoms. The summed E-state index contributed by atoms with van der Waals surface area (Å²) in [6, 6.07) is 0. The summed E-state index contributed by atoms with van der Waals surface area (Å²) >= 11 is 0. The maximum atomic E-state index is 12.9. The molecule has 0 rings (SSSR count). The normalized spacial score (nSPS) is 12.2. The second kappa shape index (κ2) is 64.2. The first-order valence-electron chi connectivity index (χ1n) is 33.5. The molecule has 0 fully saturated rings. The molecule has 0 aromatic carbocycles. The van der Waals surface area contributed by atoms with E-state index in [1.54, 1.807) is 0 Å². The molecule has 6 nitrogen and oxygen atoms in total. The molecule has 0 aliphatic carbocycles. The summed E-state index contributed by atoms with van der Waals surface area (Å²) in [5.41, 5.74) is 0. The van der Waals surface area contributed by atoms with E-state index >= 15 is 0 Å². The summed E-state index contributed by atoms with van der Waals surface area (Å²) < 4.78 is 17.0. The fourth-order valence-electron chi connectivity index (χ4n) is 10.1. The Bertz CT molecular complexity index is 1250. The Morgan fingerprint density at radius 1 is 0.267 bits per heavy atom. The Morgan fingerprint density at radius 3 is 0.747 bits per heavy atom. The van der Waals surface area contributed by atoms with Crippen LogP contribution in [0.2, 0.25) is 0 Å². The maximum absolute atomic E-state index is 12.9. The number of ether oxygens (including phenoxy) is 3. The number of unbranched alkanes of at least 4 members (excludes halogenated alkanes) is 45. The molecular weight excluding hydrogens is 925 g/mol. The lowest BCUT2D eigenvalue weighted by atomic mass is 10.0. The van der Waals surface area contributed by atoms with Crippen LogP contribution in [0.5, 0.6) is 0 Å². The van der Waals surface area contributed by atoms with Crippen LogP contribution in [0.4, 0.5) is 0 Å². The van der Waals surface area contributed by atoms with E-state index < -0.39 is 6.10 Å². The molecule has 6 heteroatoms. The largest absolute Gasteiger partial charge is 0.462 e. The molecule has 1 atom stereocenters. The zero-order valence-corrected chi connectivity index (χ0v) is 50.6. The molecular formula is C69H128O6. The van der Waals surface area contributed by atoms with Crippen molar-refractivity contribution in [2.24, 2.45) is 0 Å². The van der Waals surface area contributed by atoms with Crippen LogP contribution in [0.1, 0.15) is 367 Å². The van der Waals surface area contributed by atoms with Crippen molar-refractivity contribution in [1.29, 1.82) is 0 Å². The predicted octanol–water partition coefficient (Wildman–Crippen LogP) is 22.8. The molecule has 0 aliphatic rings. The summed E-state index contributed by atoms with van der Waals surface area (Å²) in [7, 11) is 0. The van der Waals surface area contributed by atoms with Crippen molar-refractivity contribution < 1.29 is 28.6 Å². The monoisotopic (exact) mass is 1050 g/mol. The number of esters is 3. The molecule has 0 bridgehead atoms. The first kappa shape index (κ1) is 72.6. The zero-order valence-electron chi connectivity index (χ0n) is 50.6. The molecule has 440 valence electrons. The quantitative estimate of drug-likeness (QED) is 0.0261. The third-order valence-corrected chi connectivity index (χ3v) is 15.1. The van der Waals surface area contributed by atoms with Crippen LogP contribution >= 0.6 is 0 Å². The highest BCUT2D eigenvalue weighted by Gasteiger charge is 2.19. The number of hydrogen-bond acceptors (Lipinski definition) is 6. The molecule has 0 aliphatic heterocycles. The van der Waals surface area contributed by atoms with Gasteiger partial charge in [-0.2, -0.15) is 0 Å². The van der Waals surface area contributed by atoms with Crippen molar-refractivity contribution in [3.05, 3.63) is 36.5 Å². The molecule has 0 radical (unpaired) electrons. The molecule has 0 aromatic rings. The zero-order chi connectivity index (χ0) is 54.3. The Morgan fingerprint density at radius 2 is 0.480 bits per heavy atom. The van der Waals surface area contributed by atoms with Gasteiger partial charge in [-0.25, -0.2) is 0 Å². The van der Waals surface area contributed by atoms with Crippen LogP contribution in [0, 0.1) is 0 Å². The SMILES string of the molecule is CCCCCCC/C=C\C/C=C\C/C=C\CCCCCCCCCCCCC(=O)OCC(COC(=O)CCCCCCCCCCCCCCCC)OC(=O)CCCCCCCCCCCCCCCCCCCC. The fraction of sp³-hybridized carbons (Fsp3) is 0.870. The Balaban J connectivity index is 4.27. The van der Waals surface area contributed by atoms with Gasteiger partial charge < -0.3 is 14.2 Å². The van der Waals surface area contributed by atoms with Gasteiger partial charge in [0.15, 0.2) is 6.10 Å². The lowest BCUT2D eigenvalue weighted by molar-refractivity contribution is -0.167. The van der Waals surface area contributed by atoms with Crippen LogP contribution in [0.25, 0.3) is 0 Å². The first-order valence-corrected chi connectivity index (χ1v) is 33.5. The number of carbonyl (C=O) groups excluding carboxylic acids is 3. The Hall–Kier alpha value is -2.37. The van der Waals surface area contributed by atoms with Gasteiger partial charge in [-0.05, 0) is 57.8 Å². The lowest BCUT2D eigenvalue weighted by Gasteiger charge is -2.18. The van der Waals surface area contributed by atoms with Gasteiger partial charge in [0, 0.05) is 19.3 Å². The average molecular weight is 1050 g/mol. The fourth-order valence-corrected chi connectivity index (χ4v) is 10.1. The highest BCUT2D eigenvalue weighted by molar-refractivity contribution is 5.71. The maximum Gasteiger partial charge on any atom is 0.306 e. The van der Waals surface area contributed by atoms with E-state index in [4.69, 9.17) is 14.2 Å². The molecule has 75 heavy (non-hydrogen) atoms. The summed E-state index contributed by atoms with van der Waals surface area (Å²) in [5, 5.41) is 0. The summed E-state index contributed by atoms with van der Waals surface area (Å²) in [6.07, 6.45) is 78.7. The van der Waals surface area contributed by atoms with Crippen LogP contribution in [-0.4, -0.2) is 37.2 Å². The molecule has 0 amide bonds. The van der Waals surface area contributed by atoms with E-state index in [1.165, 1.54) is 257 Å². The van der Waals surface area contributed by atoms with Crippen molar-refractivity contribution in [2.45, 2.75) is 374 Å². The van der Waals surface area contributed by atoms with Gasteiger partial charge in [-0.3, -0.25) is 14.4 Å². The van der Waals surface area contributed by atoms with Crippen LogP contribution < -0.4 is 0 Å². The van der Waals surface area contributed by atoms with Crippen molar-refractivity contribution in [3.63, 3.8) is 0 Å². The summed E-state index contributed by atoms with van der Waals surface area (Å²) in [4.78, 5) is 38.4. The van der Waals surface area contributed by atoms with E-state index in [0.717, 1.165) is 70.6 Å². The van der Waals surface area contributed by atoms with Gasteiger partial charge in [0.25, 0.3) is 0 Å². The Labute approximate surface area is 467 Å². The minimum atomic E-state index is -0.770. The highest BCUT2D eigenvalue weighted by atomic mass is 16.6. The minimum absolute atomic E-state index is 0.0672. The highest BCUT2D eigenvalue weighted by Crippen LogP contribution is 2.18. The number of rotatable bonds is 62. The molecule has 0 saturated carbocycles. The van der Waals surface area contributed by atoms with E-state index in [2.05, 4.69) is 57.2 Å². The van der Waals surface area contributed by atoms with Gasteiger partial charge in [0.1, 0.15) is 13.2 Å². The van der Waals surface area contributed by atoms with E-state index in [0.29, 0.717) is 19.3 Å². The van der Waals surface area contributed by atoms with Crippen molar-refractivity contribution >= 4 is 17.9 Å². The summed E-state index contributed by atoms with van der Waals surface area (Å²) in [5.74, 6) is -0.843. The molecule has 0 saturated heterocycles. The van der Waals surface area contributed by atoms with Gasteiger partial charge in [0.05, 0.1) is 0 Å². The van der Waals surface area contributed by atoms with E-state index in [1.807, 2.05) is 0 Å². The molecule has 0 heterocycles. The smallest absolute Gasteiger partial charge is 0.306 e. The predicted molar refractivity (Wildman–Crippen MR) is 326 cm³/mol. The number of carbonyl (C=O) groups is 3. The number of allylic oxidation sites excluding steroid dienone is 6. The first-order chi connectivity index (χ1) is 37.0. The van der Waals surface area contributed by atoms with Crippen molar-refractivity contribution in [2.75, 3.05) is 13.2 Å². The van der Waals surface area contributed by atoms with Gasteiger partial charge in [-0.1, -0.05) is 327 Å².